The summed E-state index contributed by atoms with van der Waals surface area (Å²) in [6, 6.07) is 17.3. The van der Waals surface area contributed by atoms with Gasteiger partial charge in [0.05, 0.1) is 10.9 Å². The lowest BCUT2D eigenvalue weighted by molar-refractivity contribution is -0.121. The number of hydrogen-bond donors (Lipinski definition) is 1. The Morgan fingerprint density at radius 2 is 1.73 bits per heavy atom. The molecule has 0 unspecified atom stereocenters. The molecule has 166 valence electrons. The highest BCUT2D eigenvalue weighted by Gasteiger charge is 2.19. The highest BCUT2D eigenvalue weighted by Crippen LogP contribution is 2.16. The zero-order chi connectivity index (χ0) is 23.5. The van der Waals surface area contributed by atoms with Gasteiger partial charge >= 0.3 is 0 Å². The van der Waals surface area contributed by atoms with Crippen molar-refractivity contribution in [2.45, 2.75) is 20.0 Å². The van der Waals surface area contributed by atoms with Crippen LogP contribution in [-0.4, -0.2) is 21.2 Å². The lowest BCUT2D eigenvalue weighted by atomic mass is 10.0. The van der Waals surface area contributed by atoms with Crippen LogP contribution in [0.4, 0.5) is 0 Å². The Bertz CT molecular complexity index is 1410. The molecule has 2 heterocycles. The molecule has 1 N–H and O–H groups in total. The number of carbonyl (C=O) groups is 2. The highest BCUT2D eigenvalue weighted by atomic mass is 79.9. The van der Waals surface area contributed by atoms with Crippen molar-refractivity contribution in [3.63, 3.8) is 0 Å². The Morgan fingerprint density at radius 3 is 2.42 bits per heavy atom. The lowest BCUT2D eigenvalue weighted by Gasteiger charge is -2.13. The first-order valence-electron chi connectivity index (χ1n) is 10.1. The first kappa shape index (κ1) is 22.9. The third-order valence-corrected chi connectivity index (χ3v) is 5.91. The molecule has 0 spiro atoms. The topological polar surface area (TPSA) is 81.1 Å². The van der Waals surface area contributed by atoms with Crippen LogP contribution in [0.3, 0.4) is 0 Å². The fourth-order valence-electron chi connectivity index (χ4n) is 3.41. The smallest absolute Gasteiger partial charge is 0.240 e. The number of rotatable bonds is 6. The average molecular weight is 525 g/mol. The number of fused-ring (bicyclic) bond motifs is 1. The molecule has 0 aliphatic carbocycles. The van der Waals surface area contributed by atoms with Gasteiger partial charge in [-0.1, -0.05) is 39.7 Å². The van der Waals surface area contributed by atoms with Crippen molar-refractivity contribution >= 4 is 50.3 Å². The Kier molecular flexibility index (Phi) is 6.72. The van der Waals surface area contributed by atoms with Crippen LogP contribution in [0.2, 0.25) is 5.02 Å². The van der Waals surface area contributed by atoms with Crippen LogP contribution in [0.1, 0.15) is 27.2 Å². The van der Waals surface area contributed by atoms with Crippen molar-refractivity contribution in [1.29, 1.82) is 0 Å². The van der Waals surface area contributed by atoms with Crippen LogP contribution in [0, 0.1) is 6.92 Å². The molecule has 2 aromatic heterocycles. The van der Waals surface area contributed by atoms with E-state index in [2.05, 4.69) is 26.2 Å². The molecule has 2 aromatic carbocycles. The standard InChI is InChI=1S/C25H19BrClN3O3/c1-15-2-11-20-24(33)21(23(32)17-5-7-18(26)8-6-17)13-30(25(20)29-15)14-22(31)28-12-16-3-9-19(27)10-4-16/h2-11,13H,12,14H2,1H3,(H,28,31). The zero-order valence-electron chi connectivity index (χ0n) is 17.6. The molecule has 4 aromatic rings. The van der Waals surface area contributed by atoms with Gasteiger partial charge in [-0.25, -0.2) is 4.98 Å². The number of aryl methyl sites for hydroxylation is 1. The van der Waals surface area contributed by atoms with Crippen molar-refractivity contribution in [3.8, 4) is 0 Å². The van der Waals surface area contributed by atoms with Crippen LogP contribution < -0.4 is 10.7 Å². The number of ketones is 1. The van der Waals surface area contributed by atoms with Crippen LogP contribution in [-0.2, 0) is 17.9 Å². The van der Waals surface area contributed by atoms with Gasteiger partial charge < -0.3 is 9.88 Å². The lowest BCUT2D eigenvalue weighted by Crippen LogP contribution is -2.29. The van der Waals surface area contributed by atoms with Crippen molar-refractivity contribution in [2.24, 2.45) is 0 Å². The number of carbonyl (C=O) groups excluding carboxylic acids is 2. The largest absolute Gasteiger partial charge is 0.350 e. The molecule has 0 saturated carbocycles. The summed E-state index contributed by atoms with van der Waals surface area (Å²) in [6.07, 6.45) is 1.42. The molecule has 8 heteroatoms. The van der Waals surface area contributed by atoms with E-state index in [0.717, 1.165) is 10.0 Å². The molecule has 0 aliphatic rings. The minimum Gasteiger partial charge on any atom is -0.350 e. The molecular formula is C25H19BrClN3O3. The van der Waals surface area contributed by atoms with Crippen molar-refractivity contribution < 1.29 is 9.59 Å². The molecule has 0 saturated heterocycles. The normalized spacial score (nSPS) is 10.9. The molecule has 1 amide bonds. The van der Waals surface area contributed by atoms with Crippen molar-refractivity contribution in [1.82, 2.24) is 14.9 Å². The maximum atomic E-state index is 13.1. The summed E-state index contributed by atoms with van der Waals surface area (Å²) in [4.78, 5) is 43.4. The minimum atomic E-state index is -0.414. The molecule has 0 fully saturated rings. The molecule has 33 heavy (non-hydrogen) atoms. The van der Waals surface area contributed by atoms with E-state index in [1.807, 2.05) is 12.1 Å². The van der Waals surface area contributed by atoms with E-state index in [-0.39, 0.29) is 23.4 Å². The molecule has 0 aliphatic heterocycles. The summed E-state index contributed by atoms with van der Waals surface area (Å²) < 4.78 is 2.37. The van der Waals surface area contributed by atoms with Crippen molar-refractivity contribution in [2.75, 3.05) is 0 Å². The Hall–Kier alpha value is -3.29. The first-order chi connectivity index (χ1) is 15.8. The SMILES string of the molecule is Cc1ccc2c(=O)c(C(=O)c3ccc(Br)cc3)cn(CC(=O)NCc3ccc(Cl)cc3)c2n1. The number of pyridine rings is 2. The Labute approximate surface area is 203 Å². The molecule has 0 radical (unpaired) electrons. The monoisotopic (exact) mass is 523 g/mol. The second kappa shape index (κ2) is 9.68. The predicted molar refractivity (Wildman–Crippen MR) is 132 cm³/mol. The fraction of sp³-hybridized carbons (Fsp3) is 0.120. The quantitative estimate of drug-likeness (QED) is 0.372. The number of amides is 1. The average Bonchev–Trinajstić information content (AvgIpc) is 2.80. The summed E-state index contributed by atoms with van der Waals surface area (Å²) >= 11 is 9.24. The number of nitrogens with zero attached hydrogens (tertiary/aromatic N) is 2. The van der Waals surface area contributed by atoms with Crippen molar-refractivity contribution in [3.05, 3.63) is 109 Å². The molecular weight excluding hydrogens is 506 g/mol. The summed E-state index contributed by atoms with van der Waals surface area (Å²) in [6.45, 7) is 2.03. The van der Waals surface area contributed by atoms with Gasteiger partial charge in [-0.3, -0.25) is 14.4 Å². The molecule has 4 rings (SSSR count). The second-order valence-corrected chi connectivity index (χ2v) is 8.91. The number of hydrogen-bond acceptors (Lipinski definition) is 4. The number of halogens is 2. The fourth-order valence-corrected chi connectivity index (χ4v) is 3.80. The summed E-state index contributed by atoms with van der Waals surface area (Å²) in [5, 5.41) is 3.75. The molecule has 6 nitrogen and oxygen atoms in total. The first-order valence-corrected chi connectivity index (χ1v) is 11.3. The van der Waals surface area contributed by atoms with Gasteiger partial charge in [0.25, 0.3) is 0 Å². The summed E-state index contributed by atoms with van der Waals surface area (Å²) in [5.74, 6) is -0.689. The van der Waals surface area contributed by atoms with Crippen LogP contribution in [0.15, 0.2) is 76.1 Å². The van der Waals surface area contributed by atoms with E-state index >= 15 is 0 Å². The second-order valence-electron chi connectivity index (χ2n) is 7.56. The van der Waals surface area contributed by atoms with Crippen LogP contribution >= 0.6 is 27.5 Å². The van der Waals surface area contributed by atoms with E-state index in [1.165, 1.54) is 6.20 Å². The number of benzene rings is 2. The van der Waals surface area contributed by atoms with Gasteiger partial charge in [0.15, 0.2) is 5.78 Å². The maximum Gasteiger partial charge on any atom is 0.240 e. The zero-order valence-corrected chi connectivity index (χ0v) is 20.0. The van der Waals surface area contributed by atoms with Gasteiger partial charge in [0.1, 0.15) is 12.2 Å². The summed E-state index contributed by atoms with van der Waals surface area (Å²) in [5.41, 5.74) is 1.91. The predicted octanol–water partition coefficient (Wildman–Crippen LogP) is 4.67. The number of nitrogens with one attached hydrogen (secondary N) is 1. The van der Waals surface area contributed by atoms with E-state index in [4.69, 9.17) is 11.6 Å². The van der Waals surface area contributed by atoms with E-state index in [0.29, 0.717) is 28.5 Å². The third kappa shape index (κ3) is 5.21. The van der Waals surface area contributed by atoms with E-state index in [9.17, 15) is 14.4 Å². The van der Waals surface area contributed by atoms with Gasteiger partial charge in [0, 0.05) is 33.5 Å². The van der Waals surface area contributed by atoms with Gasteiger partial charge in [-0.15, -0.1) is 0 Å². The van der Waals surface area contributed by atoms with Gasteiger partial charge in [0.2, 0.25) is 11.3 Å². The van der Waals surface area contributed by atoms with Gasteiger partial charge in [-0.2, -0.15) is 0 Å². The number of aromatic nitrogens is 2. The molecule has 0 bridgehead atoms. The van der Waals surface area contributed by atoms with Gasteiger partial charge in [-0.05, 0) is 61.0 Å². The van der Waals surface area contributed by atoms with E-state index < -0.39 is 11.2 Å². The minimum absolute atomic E-state index is 0.0130. The molecule has 0 atom stereocenters. The highest BCUT2D eigenvalue weighted by molar-refractivity contribution is 9.10. The van der Waals surface area contributed by atoms with Crippen LogP contribution in [0.5, 0.6) is 0 Å². The summed E-state index contributed by atoms with van der Waals surface area (Å²) in [7, 11) is 0. The maximum absolute atomic E-state index is 13.1. The Balaban J connectivity index is 1.68. The Morgan fingerprint density at radius 1 is 1.03 bits per heavy atom. The third-order valence-electron chi connectivity index (χ3n) is 5.13. The van der Waals surface area contributed by atoms with Crippen LogP contribution in [0.25, 0.3) is 11.0 Å². The van der Waals surface area contributed by atoms with E-state index in [1.54, 1.807) is 60.0 Å².